The molecular formula is C18H13FN4. The molecule has 0 bridgehead atoms. The van der Waals surface area contributed by atoms with E-state index >= 15 is 0 Å². The summed E-state index contributed by atoms with van der Waals surface area (Å²) in [7, 11) is 0. The van der Waals surface area contributed by atoms with Crippen LogP contribution in [0.15, 0.2) is 55.0 Å². The molecule has 0 aliphatic rings. The molecule has 4 rings (SSSR count). The summed E-state index contributed by atoms with van der Waals surface area (Å²) in [5.74, 6) is 0.289. The van der Waals surface area contributed by atoms with Gasteiger partial charge in [0.1, 0.15) is 17.7 Å². The molecule has 112 valence electrons. The van der Waals surface area contributed by atoms with E-state index in [9.17, 15) is 4.39 Å². The van der Waals surface area contributed by atoms with Gasteiger partial charge in [0, 0.05) is 22.7 Å². The van der Waals surface area contributed by atoms with Crippen LogP contribution in [0.25, 0.3) is 21.8 Å². The highest BCUT2D eigenvalue weighted by Gasteiger charge is 2.10. The molecule has 0 saturated carbocycles. The van der Waals surface area contributed by atoms with Crippen LogP contribution in [0.3, 0.4) is 0 Å². The Hall–Kier alpha value is -3.08. The van der Waals surface area contributed by atoms with Gasteiger partial charge in [-0.1, -0.05) is 18.2 Å². The van der Waals surface area contributed by atoms with E-state index in [1.165, 1.54) is 18.5 Å². The fourth-order valence-electron chi connectivity index (χ4n) is 2.64. The summed E-state index contributed by atoms with van der Waals surface area (Å²) >= 11 is 0. The summed E-state index contributed by atoms with van der Waals surface area (Å²) in [6, 6.07) is 12.3. The van der Waals surface area contributed by atoms with Gasteiger partial charge in [0.25, 0.3) is 0 Å². The van der Waals surface area contributed by atoms with Crippen LogP contribution in [0.1, 0.15) is 5.56 Å². The zero-order valence-corrected chi connectivity index (χ0v) is 12.4. The molecule has 0 unspecified atom stereocenters. The number of halogens is 1. The molecule has 2 aromatic carbocycles. The molecule has 5 heteroatoms. The van der Waals surface area contributed by atoms with E-state index in [0.717, 1.165) is 21.9 Å². The van der Waals surface area contributed by atoms with Gasteiger partial charge in [-0.3, -0.25) is 0 Å². The second kappa shape index (κ2) is 5.28. The number of hydrogen-bond acceptors (Lipinski definition) is 4. The molecule has 2 aromatic heterocycles. The van der Waals surface area contributed by atoms with Gasteiger partial charge < -0.3 is 5.32 Å². The molecule has 0 amide bonds. The summed E-state index contributed by atoms with van der Waals surface area (Å²) in [4.78, 5) is 13.1. The number of anilines is 2. The number of nitrogens with zero attached hydrogens (tertiary/aromatic N) is 3. The SMILES string of the molecule is Cc1ccc2c(c1)nc(Nc1cccc(F)c1)c1ncncc12. The van der Waals surface area contributed by atoms with Crippen LogP contribution in [0, 0.1) is 12.7 Å². The van der Waals surface area contributed by atoms with Crippen molar-refractivity contribution in [3.05, 3.63) is 66.4 Å². The topological polar surface area (TPSA) is 50.7 Å². The van der Waals surface area contributed by atoms with Crippen LogP contribution in [0.4, 0.5) is 15.9 Å². The van der Waals surface area contributed by atoms with E-state index in [1.807, 2.05) is 25.1 Å². The summed E-state index contributed by atoms with van der Waals surface area (Å²) in [6.45, 7) is 2.02. The number of rotatable bonds is 2. The van der Waals surface area contributed by atoms with Crippen molar-refractivity contribution in [3.8, 4) is 0 Å². The van der Waals surface area contributed by atoms with Crippen molar-refractivity contribution in [1.29, 1.82) is 0 Å². The molecule has 0 fully saturated rings. The van der Waals surface area contributed by atoms with Gasteiger partial charge in [0.15, 0.2) is 5.82 Å². The lowest BCUT2D eigenvalue weighted by atomic mass is 10.1. The van der Waals surface area contributed by atoms with E-state index in [1.54, 1.807) is 18.3 Å². The van der Waals surface area contributed by atoms with Gasteiger partial charge in [0.05, 0.1) is 5.52 Å². The van der Waals surface area contributed by atoms with Crippen molar-refractivity contribution >= 4 is 33.3 Å². The normalized spacial score (nSPS) is 11.0. The van der Waals surface area contributed by atoms with Gasteiger partial charge in [0.2, 0.25) is 0 Å². The van der Waals surface area contributed by atoms with Crippen LogP contribution in [-0.4, -0.2) is 15.0 Å². The lowest BCUT2D eigenvalue weighted by molar-refractivity contribution is 0.628. The van der Waals surface area contributed by atoms with Crippen molar-refractivity contribution in [1.82, 2.24) is 15.0 Å². The Kier molecular flexibility index (Phi) is 3.12. The summed E-state index contributed by atoms with van der Waals surface area (Å²) in [5, 5.41) is 5.07. The van der Waals surface area contributed by atoms with E-state index in [4.69, 9.17) is 0 Å². The van der Waals surface area contributed by atoms with Crippen molar-refractivity contribution < 1.29 is 4.39 Å². The highest BCUT2D eigenvalue weighted by Crippen LogP contribution is 2.29. The maximum atomic E-state index is 13.4. The first-order valence-corrected chi connectivity index (χ1v) is 7.23. The third-order valence-corrected chi connectivity index (χ3v) is 3.70. The Balaban J connectivity index is 1.96. The minimum absolute atomic E-state index is 0.300. The molecule has 0 saturated heterocycles. The lowest BCUT2D eigenvalue weighted by Gasteiger charge is -2.11. The smallest absolute Gasteiger partial charge is 0.157 e. The van der Waals surface area contributed by atoms with Crippen LogP contribution >= 0.6 is 0 Å². The molecule has 0 aliphatic carbocycles. The van der Waals surface area contributed by atoms with Gasteiger partial charge in [-0.25, -0.2) is 19.3 Å². The van der Waals surface area contributed by atoms with Crippen molar-refractivity contribution in [2.45, 2.75) is 6.92 Å². The number of aryl methyl sites for hydroxylation is 1. The van der Waals surface area contributed by atoms with Crippen LogP contribution < -0.4 is 5.32 Å². The summed E-state index contributed by atoms with van der Waals surface area (Å²) in [6.07, 6.45) is 3.26. The predicted octanol–water partition coefficient (Wildman–Crippen LogP) is 4.37. The molecular weight excluding hydrogens is 291 g/mol. The third kappa shape index (κ3) is 2.46. The molecule has 0 spiro atoms. The average Bonchev–Trinajstić information content (AvgIpc) is 2.55. The first-order chi connectivity index (χ1) is 11.2. The van der Waals surface area contributed by atoms with E-state index < -0.39 is 0 Å². The molecule has 4 aromatic rings. The fraction of sp³-hybridized carbons (Fsp3) is 0.0556. The van der Waals surface area contributed by atoms with E-state index in [-0.39, 0.29) is 5.82 Å². The number of aromatic nitrogens is 3. The van der Waals surface area contributed by atoms with Gasteiger partial charge in [-0.15, -0.1) is 0 Å². The number of fused-ring (bicyclic) bond motifs is 3. The molecule has 0 aliphatic heterocycles. The number of pyridine rings is 1. The Morgan fingerprint density at radius 3 is 2.83 bits per heavy atom. The second-order valence-electron chi connectivity index (χ2n) is 5.40. The zero-order valence-electron chi connectivity index (χ0n) is 12.4. The highest BCUT2D eigenvalue weighted by atomic mass is 19.1. The number of hydrogen-bond donors (Lipinski definition) is 1. The highest BCUT2D eigenvalue weighted by molar-refractivity contribution is 6.08. The maximum Gasteiger partial charge on any atom is 0.157 e. The van der Waals surface area contributed by atoms with Gasteiger partial charge in [-0.2, -0.15) is 0 Å². The molecule has 1 N–H and O–H groups in total. The fourth-order valence-corrected chi connectivity index (χ4v) is 2.64. The zero-order chi connectivity index (χ0) is 15.8. The van der Waals surface area contributed by atoms with E-state index in [0.29, 0.717) is 17.0 Å². The second-order valence-corrected chi connectivity index (χ2v) is 5.40. The standard InChI is InChI=1S/C18H13FN4/c1-11-5-6-14-15-9-20-10-21-17(15)18(23-16(14)7-11)22-13-4-2-3-12(19)8-13/h2-10H,1H3,(H,22,23). The summed E-state index contributed by atoms with van der Waals surface area (Å²) < 4.78 is 13.4. The van der Waals surface area contributed by atoms with Crippen LogP contribution in [0.2, 0.25) is 0 Å². The Bertz CT molecular complexity index is 1030. The monoisotopic (exact) mass is 304 g/mol. The quantitative estimate of drug-likeness (QED) is 0.559. The molecule has 0 atom stereocenters. The van der Waals surface area contributed by atoms with Crippen LogP contribution in [0.5, 0.6) is 0 Å². The van der Waals surface area contributed by atoms with Crippen LogP contribution in [-0.2, 0) is 0 Å². The predicted molar refractivity (Wildman–Crippen MR) is 89.3 cm³/mol. The molecule has 0 radical (unpaired) electrons. The average molecular weight is 304 g/mol. The first-order valence-electron chi connectivity index (χ1n) is 7.23. The van der Waals surface area contributed by atoms with Gasteiger partial charge >= 0.3 is 0 Å². The molecule has 4 nitrogen and oxygen atoms in total. The van der Waals surface area contributed by atoms with Gasteiger partial charge in [-0.05, 0) is 36.8 Å². The van der Waals surface area contributed by atoms with Crippen molar-refractivity contribution in [3.63, 3.8) is 0 Å². The lowest BCUT2D eigenvalue weighted by Crippen LogP contribution is -1.98. The largest absolute Gasteiger partial charge is 0.338 e. The third-order valence-electron chi connectivity index (χ3n) is 3.70. The molecule has 2 heterocycles. The van der Waals surface area contributed by atoms with E-state index in [2.05, 4.69) is 20.3 Å². The minimum Gasteiger partial charge on any atom is -0.338 e. The Morgan fingerprint density at radius 2 is 1.96 bits per heavy atom. The minimum atomic E-state index is -0.300. The molecule has 23 heavy (non-hydrogen) atoms. The Morgan fingerprint density at radius 1 is 1.04 bits per heavy atom. The Labute approximate surface area is 132 Å². The first kappa shape index (κ1) is 13.6. The van der Waals surface area contributed by atoms with Crippen molar-refractivity contribution in [2.24, 2.45) is 0 Å². The number of benzene rings is 2. The van der Waals surface area contributed by atoms with Crippen molar-refractivity contribution in [2.75, 3.05) is 5.32 Å². The maximum absolute atomic E-state index is 13.4. The summed E-state index contributed by atoms with van der Waals surface area (Å²) in [5.41, 5.74) is 3.31. The number of nitrogens with one attached hydrogen (secondary N) is 1.